The quantitative estimate of drug-likeness (QED) is 0.730. The molecule has 2 aliphatic rings. The lowest BCUT2D eigenvalue weighted by molar-refractivity contribution is -0.189. The molecule has 28 heavy (non-hydrogen) atoms. The van der Waals surface area contributed by atoms with Gasteiger partial charge < -0.3 is 30.1 Å². The molecule has 1 fully saturated rings. The Kier molecular flexibility index (Phi) is 5.57. The number of hydrogen-bond donors (Lipinski definition) is 2. The third-order valence-corrected chi connectivity index (χ3v) is 5.02. The number of likely N-dealkylation sites (N-methyl/N-ethyl adjacent to an activating group) is 1. The largest absolute Gasteiger partial charge is 0.451 e. The molecule has 3 amide bonds. The summed E-state index contributed by atoms with van der Waals surface area (Å²) in [4.78, 5) is 39.9. The Hall–Kier alpha value is -2.65. The van der Waals surface area contributed by atoms with Crippen LogP contribution in [0.25, 0.3) is 0 Å². The van der Waals surface area contributed by atoms with Gasteiger partial charge in [0.25, 0.3) is 5.91 Å². The summed E-state index contributed by atoms with van der Waals surface area (Å²) in [6.07, 6.45) is 1.17. The number of amides is 3. The molecular formula is C19H25N3O6. The standard InChI is InChI=1S/C19H25N3O6/c1-21(2)18(25)19(26)11-22(17(24)12-5-7-27-8-6-12)10-14-4-3-13(16(20)23)9-15(14)28-19/h3-4,9,12,26H,5-8,10-11H2,1-2H3,(H2,20,23). The minimum absolute atomic E-state index is 0.146. The van der Waals surface area contributed by atoms with Gasteiger partial charge in [-0.1, -0.05) is 6.07 Å². The normalized spacial score (nSPS) is 22.6. The molecule has 1 unspecified atom stereocenters. The maximum atomic E-state index is 13.1. The van der Waals surface area contributed by atoms with Crippen LogP contribution in [-0.4, -0.2) is 72.3 Å². The summed E-state index contributed by atoms with van der Waals surface area (Å²) in [5.74, 6) is -3.88. The molecule has 1 aromatic rings. The van der Waals surface area contributed by atoms with Crippen molar-refractivity contribution >= 4 is 17.7 Å². The van der Waals surface area contributed by atoms with Gasteiger partial charge in [0.2, 0.25) is 11.8 Å². The van der Waals surface area contributed by atoms with E-state index in [1.165, 1.54) is 36.0 Å². The lowest BCUT2D eigenvalue weighted by Gasteiger charge is -2.34. The Balaban J connectivity index is 1.99. The Morgan fingerprint density at radius 1 is 1.25 bits per heavy atom. The van der Waals surface area contributed by atoms with Crippen molar-refractivity contribution in [3.63, 3.8) is 0 Å². The first kappa shape index (κ1) is 20.1. The summed E-state index contributed by atoms with van der Waals surface area (Å²) in [5.41, 5.74) is 6.09. The van der Waals surface area contributed by atoms with Crippen LogP contribution in [0, 0.1) is 5.92 Å². The molecule has 0 aromatic heterocycles. The zero-order valence-electron chi connectivity index (χ0n) is 16.0. The van der Waals surface area contributed by atoms with Gasteiger partial charge in [0.1, 0.15) is 5.75 Å². The number of primary amides is 1. The second-order valence-electron chi connectivity index (χ2n) is 7.35. The number of nitrogens with zero attached hydrogens (tertiary/aromatic N) is 2. The van der Waals surface area contributed by atoms with Crippen molar-refractivity contribution in [2.75, 3.05) is 33.9 Å². The average molecular weight is 391 g/mol. The van der Waals surface area contributed by atoms with Crippen LogP contribution >= 0.6 is 0 Å². The molecule has 0 bridgehead atoms. The van der Waals surface area contributed by atoms with Crippen molar-refractivity contribution < 1.29 is 29.0 Å². The van der Waals surface area contributed by atoms with E-state index in [1.54, 1.807) is 6.07 Å². The van der Waals surface area contributed by atoms with E-state index in [-0.39, 0.29) is 36.2 Å². The Morgan fingerprint density at radius 2 is 1.93 bits per heavy atom. The fourth-order valence-electron chi connectivity index (χ4n) is 3.49. The molecule has 0 spiro atoms. The van der Waals surface area contributed by atoms with Crippen molar-refractivity contribution in [1.29, 1.82) is 0 Å². The predicted octanol–water partition coefficient (Wildman–Crippen LogP) is -0.290. The highest BCUT2D eigenvalue weighted by atomic mass is 16.6. The molecule has 2 aliphatic heterocycles. The number of aliphatic hydroxyl groups is 1. The average Bonchev–Trinajstić information content (AvgIpc) is 2.83. The van der Waals surface area contributed by atoms with Crippen molar-refractivity contribution in [2.24, 2.45) is 11.7 Å². The van der Waals surface area contributed by atoms with Crippen molar-refractivity contribution in [2.45, 2.75) is 25.2 Å². The van der Waals surface area contributed by atoms with E-state index < -0.39 is 17.6 Å². The first-order chi connectivity index (χ1) is 13.2. The number of carbonyl (C=O) groups excluding carboxylic acids is 3. The van der Waals surface area contributed by atoms with E-state index in [0.717, 1.165) is 0 Å². The molecule has 9 heteroatoms. The lowest BCUT2D eigenvalue weighted by atomic mass is 9.98. The minimum Gasteiger partial charge on any atom is -0.451 e. The SMILES string of the molecule is CN(C)C(=O)C1(O)CN(C(=O)C2CCOCC2)Cc2ccc(C(N)=O)cc2O1. The summed E-state index contributed by atoms with van der Waals surface area (Å²) < 4.78 is 11.0. The molecule has 2 heterocycles. The van der Waals surface area contributed by atoms with Crippen LogP contribution in [0.3, 0.4) is 0 Å². The minimum atomic E-state index is -2.27. The highest BCUT2D eigenvalue weighted by Crippen LogP contribution is 2.32. The van der Waals surface area contributed by atoms with E-state index in [1.807, 2.05) is 0 Å². The number of hydrogen-bond acceptors (Lipinski definition) is 6. The van der Waals surface area contributed by atoms with Gasteiger partial charge in [-0.3, -0.25) is 14.4 Å². The number of β-amino-alcohol motifs (C(OH)–C–C–N with tert-alkyl or cyclic N) is 1. The maximum Gasteiger partial charge on any atom is 0.306 e. The molecule has 9 nitrogen and oxygen atoms in total. The van der Waals surface area contributed by atoms with E-state index in [9.17, 15) is 19.5 Å². The summed E-state index contributed by atoms with van der Waals surface area (Å²) in [6.45, 7) is 0.828. The maximum absolute atomic E-state index is 13.1. The first-order valence-electron chi connectivity index (χ1n) is 9.13. The molecule has 3 rings (SSSR count). The summed E-state index contributed by atoms with van der Waals surface area (Å²) in [7, 11) is 2.97. The fraction of sp³-hybridized carbons (Fsp3) is 0.526. The van der Waals surface area contributed by atoms with E-state index >= 15 is 0 Å². The Morgan fingerprint density at radius 3 is 2.54 bits per heavy atom. The smallest absolute Gasteiger partial charge is 0.306 e. The van der Waals surface area contributed by atoms with Gasteiger partial charge in [0.05, 0.1) is 6.54 Å². The van der Waals surface area contributed by atoms with Crippen LogP contribution in [-0.2, 0) is 20.9 Å². The van der Waals surface area contributed by atoms with Crippen molar-refractivity contribution in [3.05, 3.63) is 29.3 Å². The Bertz CT molecular complexity index is 790. The fourth-order valence-corrected chi connectivity index (χ4v) is 3.49. The number of benzene rings is 1. The number of rotatable bonds is 3. The third kappa shape index (κ3) is 3.95. The topological polar surface area (TPSA) is 122 Å². The summed E-state index contributed by atoms with van der Waals surface area (Å²) >= 11 is 0. The molecule has 0 saturated carbocycles. The molecule has 1 saturated heterocycles. The molecule has 152 valence electrons. The second kappa shape index (κ2) is 7.76. The number of fused-ring (bicyclic) bond motifs is 1. The van der Waals surface area contributed by atoms with Gasteiger partial charge in [0, 0.05) is 50.9 Å². The predicted molar refractivity (Wildman–Crippen MR) is 98.2 cm³/mol. The second-order valence-corrected chi connectivity index (χ2v) is 7.35. The van der Waals surface area contributed by atoms with Crippen LogP contribution in [0.1, 0.15) is 28.8 Å². The molecule has 0 aliphatic carbocycles. The van der Waals surface area contributed by atoms with Gasteiger partial charge in [0.15, 0.2) is 0 Å². The molecule has 0 radical (unpaired) electrons. The molecule has 1 aromatic carbocycles. The van der Waals surface area contributed by atoms with Gasteiger partial charge in [-0.2, -0.15) is 0 Å². The molecule has 1 atom stereocenters. The molecular weight excluding hydrogens is 366 g/mol. The van der Waals surface area contributed by atoms with Crippen LogP contribution in [0.5, 0.6) is 5.75 Å². The Labute approximate surface area is 163 Å². The van der Waals surface area contributed by atoms with Crippen LogP contribution < -0.4 is 10.5 Å². The van der Waals surface area contributed by atoms with E-state index in [2.05, 4.69) is 0 Å². The van der Waals surface area contributed by atoms with Crippen molar-refractivity contribution in [3.8, 4) is 5.75 Å². The number of nitrogens with two attached hydrogens (primary N) is 1. The highest BCUT2D eigenvalue weighted by Gasteiger charge is 2.46. The van der Waals surface area contributed by atoms with Gasteiger partial charge in [-0.15, -0.1) is 0 Å². The third-order valence-electron chi connectivity index (χ3n) is 5.02. The van der Waals surface area contributed by atoms with Crippen LogP contribution in [0.15, 0.2) is 18.2 Å². The van der Waals surface area contributed by atoms with Gasteiger partial charge in [-0.05, 0) is 25.0 Å². The van der Waals surface area contributed by atoms with Gasteiger partial charge >= 0.3 is 5.79 Å². The summed E-state index contributed by atoms with van der Waals surface area (Å²) in [6, 6.07) is 4.53. The first-order valence-corrected chi connectivity index (χ1v) is 9.13. The summed E-state index contributed by atoms with van der Waals surface area (Å²) in [5, 5.41) is 11.0. The number of ether oxygens (including phenoxy) is 2. The van der Waals surface area contributed by atoms with E-state index in [4.69, 9.17) is 15.2 Å². The van der Waals surface area contributed by atoms with Crippen LogP contribution in [0.4, 0.5) is 0 Å². The van der Waals surface area contributed by atoms with Gasteiger partial charge in [-0.25, -0.2) is 0 Å². The van der Waals surface area contributed by atoms with Crippen LogP contribution in [0.2, 0.25) is 0 Å². The lowest BCUT2D eigenvalue weighted by Crippen LogP contribution is -2.57. The molecule has 3 N–H and O–H groups in total. The monoisotopic (exact) mass is 391 g/mol. The highest BCUT2D eigenvalue weighted by molar-refractivity contribution is 5.93. The zero-order chi connectivity index (χ0) is 20.5. The van der Waals surface area contributed by atoms with E-state index in [0.29, 0.717) is 31.6 Å². The zero-order valence-corrected chi connectivity index (χ0v) is 16.0. The number of carbonyl (C=O) groups is 3. The van der Waals surface area contributed by atoms with Crippen molar-refractivity contribution in [1.82, 2.24) is 9.80 Å².